The van der Waals surface area contributed by atoms with Crippen LogP contribution in [-0.2, 0) is 11.2 Å². The van der Waals surface area contributed by atoms with E-state index in [0.29, 0.717) is 18.1 Å². The standard InChI is InChI=1S/C13H14Cl2FNO/c14-9-4-6-17(7-5-9)13(18)8-10-11(15)2-1-3-12(10)16/h1-3,9H,4-8H2. The lowest BCUT2D eigenvalue weighted by molar-refractivity contribution is -0.131. The molecule has 98 valence electrons. The molecule has 1 amide bonds. The number of piperidine rings is 1. The lowest BCUT2D eigenvalue weighted by Gasteiger charge is -2.29. The van der Waals surface area contributed by atoms with Crippen LogP contribution in [0.4, 0.5) is 4.39 Å². The number of rotatable bonds is 2. The molecule has 0 atom stereocenters. The van der Waals surface area contributed by atoms with E-state index in [2.05, 4.69) is 0 Å². The van der Waals surface area contributed by atoms with Gasteiger partial charge in [0.15, 0.2) is 0 Å². The van der Waals surface area contributed by atoms with Gasteiger partial charge in [-0.3, -0.25) is 4.79 Å². The maximum absolute atomic E-state index is 13.6. The van der Waals surface area contributed by atoms with Gasteiger partial charge >= 0.3 is 0 Å². The van der Waals surface area contributed by atoms with Crippen LogP contribution in [0.15, 0.2) is 18.2 Å². The van der Waals surface area contributed by atoms with Gasteiger partial charge in [0.05, 0.1) is 6.42 Å². The summed E-state index contributed by atoms with van der Waals surface area (Å²) in [4.78, 5) is 13.8. The highest BCUT2D eigenvalue weighted by Crippen LogP contribution is 2.22. The summed E-state index contributed by atoms with van der Waals surface area (Å²) in [6.45, 7) is 1.28. The van der Waals surface area contributed by atoms with E-state index in [1.165, 1.54) is 12.1 Å². The van der Waals surface area contributed by atoms with Crippen molar-refractivity contribution in [1.29, 1.82) is 0 Å². The summed E-state index contributed by atoms with van der Waals surface area (Å²) < 4.78 is 13.6. The van der Waals surface area contributed by atoms with Crippen molar-refractivity contribution >= 4 is 29.1 Å². The summed E-state index contributed by atoms with van der Waals surface area (Å²) in [5.74, 6) is -0.520. The van der Waals surface area contributed by atoms with Gasteiger partial charge in [-0.25, -0.2) is 4.39 Å². The first-order valence-corrected chi connectivity index (χ1v) is 6.74. The minimum Gasteiger partial charge on any atom is -0.342 e. The Bertz CT molecular complexity index is 424. The van der Waals surface area contributed by atoms with E-state index in [1.54, 1.807) is 11.0 Å². The van der Waals surface area contributed by atoms with Gasteiger partial charge in [-0.1, -0.05) is 17.7 Å². The molecule has 18 heavy (non-hydrogen) atoms. The molecule has 0 spiro atoms. The number of amides is 1. The van der Waals surface area contributed by atoms with E-state index >= 15 is 0 Å². The van der Waals surface area contributed by atoms with E-state index < -0.39 is 5.82 Å². The molecule has 0 radical (unpaired) electrons. The van der Waals surface area contributed by atoms with Crippen molar-refractivity contribution < 1.29 is 9.18 Å². The molecule has 0 bridgehead atoms. The second-order valence-corrected chi connectivity index (χ2v) is 5.46. The van der Waals surface area contributed by atoms with Gasteiger partial charge in [0, 0.05) is 29.1 Å². The predicted molar refractivity (Wildman–Crippen MR) is 70.6 cm³/mol. The molecule has 1 fully saturated rings. The topological polar surface area (TPSA) is 20.3 Å². The molecule has 0 aliphatic carbocycles. The van der Waals surface area contributed by atoms with Gasteiger partial charge in [0.2, 0.25) is 5.91 Å². The van der Waals surface area contributed by atoms with Crippen LogP contribution in [0.2, 0.25) is 5.02 Å². The Balaban J connectivity index is 2.03. The molecule has 1 aromatic rings. The second kappa shape index (κ2) is 5.89. The second-order valence-electron chi connectivity index (χ2n) is 4.43. The third kappa shape index (κ3) is 3.15. The molecule has 0 aromatic heterocycles. The fraction of sp³-hybridized carbons (Fsp3) is 0.462. The zero-order chi connectivity index (χ0) is 13.1. The summed E-state index contributed by atoms with van der Waals surface area (Å²) in [7, 11) is 0. The Kier molecular flexibility index (Phi) is 4.46. The first-order chi connectivity index (χ1) is 8.58. The number of halogens is 3. The highest BCUT2D eigenvalue weighted by molar-refractivity contribution is 6.31. The van der Waals surface area contributed by atoms with Crippen molar-refractivity contribution in [3.63, 3.8) is 0 Å². The van der Waals surface area contributed by atoms with Crippen molar-refractivity contribution in [2.24, 2.45) is 0 Å². The van der Waals surface area contributed by atoms with Crippen molar-refractivity contribution in [1.82, 2.24) is 4.90 Å². The van der Waals surface area contributed by atoms with E-state index in [1.807, 2.05) is 0 Å². The lowest BCUT2D eigenvalue weighted by Crippen LogP contribution is -2.39. The molecule has 0 unspecified atom stereocenters. The number of carbonyl (C=O) groups excluding carboxylic acids is 1. The normalized spacial score (nSPS) is 16.9. The first kappa shape index (κ1) is 13.6. The van der Waals surface area contributed by atoms with Crippen LogP contribution in [0.5, 0.6) is 0 Å². The highest BCUT2D eigenvalue weighted by Gasteiger charge is 2.22. The summed E-state index contributed by atoms with van der Waals surface area (Å²) in [6.07, 6.45) is 1.59. The quantitative estimate of drug-likeness (QED) is 0.766. The van der Waals surface area contributed by atoms with Gasteiger partial charge in [-0.05, 0) is 25.0 Å². The Morgan fingerprint density at radius 2 is 2.06 bits per heavy atom. The Morgan fingerprint density at radius 3 is 2.67 bits per heavy atom. The average molecular weight is 290 g/mol. The molecule has 1 saturated heterocycles. The fourth-order valence-corrected chi connectivity index (χ4v) is 2.49. The first-order valence-electron chi connectivity index (χ1n) is 5.92. The maximum Gasteiger partial charge on any atom is 0.227 e. The zero-order valence-corrected chi connectivity index (χ0v) is 11.3. The largest absolute Gasteiger partial charge is 0.342 e. The van der Waals surface area contributed by atoms with Gasteiger partial charge in [0.25, 0.3) is 0 Å². The minimum absolute atomic E-state index is 0.0124. The number of likely N-dealkylation sites (tertiary alicyclic amines) is 1. The van der Waals surface area contributed by atoms with Gasteiger partial charge < -0.3 is 4.90 Å². The molecule has 1 aliphatic heterocycles. The molecule has 5 heteroatoms. The predicted octanol–water partition coefficient (Wildman–Crippen LogP) is 3.25. The molecule has 0 saturated carbocycles. The fourth-order valence-electron chi connectivity index (χ4n) is 2.06. The zero-order valence-electron chi connectivity index (χ0n) is 9.83. The molecule has 2 nitrogen and oxygen atoms in total. The van der Waals surface area contributed by atoms with Crippen LogP contribution in [-0.4, -0.2) is 29.3 Å². The Hall–Kier alpha value is -0.800. The lowest BCUT2D eigenvalue weighted by atomic mass is 10.1. The van der Waals surface area contributed by atoms with Crippen molar-refractivity contribution in [2.45, 2.75) is 24.6 Å². The van der Waals surface area contributed by atoms with Crippen LogP contribution in [0.3, 0.4) is 0 Å². The number of hydrogen-bond acceptors (Lipinski definition) is 1. The highest BCUT2D eigenvalue weighted by atomic mass is 35.5. The van der Waals surface area contributed by atoms with Gasteiger partial charge in [0.1, 0.15) is 5.82 Å². The van der Waals surface area contributed by atoms with Crippen molar-refractivity contribution in [3.8, 4) is 0 Å². The number of carbonyl (C=O) groups is 1. The molecule has 2 rings (SSSR count). The Labute approximate surface area is 116 Å². The number of nitrogens with zero attached hydrogens (tertiary/aromatic N) is 1. The summed E-state index contributed by atoms with van der Waals surface area (Å²) in [6, 6.07) is 4.45. The number of benzene rings is 1. The van der Waals surface area contributed by atoms with E-state index in [-0.39, 0.29) is 23.3 Å². The number of alkyl halides is 1. The summed E-state index contributed by atoms with van der Waals surface area (Å²) >= 11 is 11.9. The molecule has 1 heterocycles. The third-order valence-corrected chi connectivity index (χ3v) is 3.96. The molecule has 0 N–H and O–H groups in total. The number of hydrogen-bond donors (Lipinski definition) is 0. The van der Waals surface area contributed by atoms with E-state index in [0.717, 1.165) is 12.8 Å². The van der Waals surface area contributed by atoms with E-state index in [4.69, 9.17) is 23.2 Å². The maximum atomic E-state index is 13.6. The van der Waals surface area contributed by atoms with Crippen molar-refractivity contribution in [2.75, 3.05) is 13.1 Å². The molecular weight excluding hydrogens is 276 g/mol. The molecule has 1 aromatic carbocycles. The van der Waals surface area contributed by atoms with Gasteiger partial charge in [-0.15, -0.1) is 11.6 Å². The SMILES string of the molecule is O=C(Cc1c(F)cccc1Cl)N1CCC(Cl)CC1. The third-order valence-electron chi connectivity index (χ3n) is 3.17. The monoisotopic (exact) mass is 289 g/mol. The van der Waals surface area contributed by atoms with Crippen LogP contribution >= 0.6 is 23.2 Å². The van der Waals surface area contributed by atoms with Crippen LogP contribution in [0.1, 0.15) is 18.4 Å². The molecule has 1 aliphatic rings. The average Bonchev–Trinajstić information content (AvgIpc) is 2.34. The van der Waals surface area contributed by atoms with E-state index in [9.17, 15) is 9.18 Å². The minimum atomic E-state index is -0.428. The smallest absolute Gasteiger partial charge is 0.227 e. The van der Waals surface area contributed by atoms with Crippen molar-refractivity contribution in [3.05, 3.63) is 34.6 Å². The van der Waals surface area contributed by atoms with Crippen LogP contribution in [0.25, 0.3) is 0 Å². The van der Waals surface area contributed by atoms with Crippen LogP contribution in [0, 0.1) is 5.82 Å². The van der Waals surface area contributed by atoms with Crippen LogP contribution < -0.4 is 0 Å². The summed E-state index contributed by atoms with van der Waals surface area (Å²) in [5.41, 5.74) is 0.275. The summed E-state index contributed by atoms with van der Waals surface area (Å²) in [5, 5.41) is 0.446. The van der Waals surface area contributed by atoms with Gasteiger partial charge in [-0.2, -0.15) is 0 Å². The molecular formula is C13H14Cl2FNO. The Morgan fingerprint density at radius 1 is 1.39 bits per heavy atom.